The van der Waals surface area contributed by atoms with E-state index in [0.29, 0.717) is 11.5 Å². The fourth-order valence-corrected chi connectivity index (χ4v) is 2.65. The molecule has 1 atom stereocenters. The van der Waals surface area contributed by atoms with Gasteiger partial charge in [-0.1, -0.05) is 40.0 Å². The first-order chi connectivity index (χ1) is 6.99. The summed E-state index contributed by atoms with van der Waals surface area (Å²) in [5.41, 5.74) is 0.451. The van der Waals surface area contributed by atoms with Gasteiger partial charge >= 0.3 is 0 Å². The molecule has 0 amide bonds. The van der Waals surface area contributed by atoms with Crippen molar-refractivity contribution in [3.8, 4) is 0 Å². The maximum absolute atomic E-state index is 2.64. The molecule has 15 heavy (non-hydrogen) atoms. The summed E-state index contributed by atoms with van der Waals surface area (Å²) in [6, 6.07) is 1.55. The fraction of sp³-hybridized carbons (Fsp3) is 1.00. The SMILES string of the molecule is CCC(C)(C)C(C)N(C)C1CCCCC1. The van der Waals surface area contributed by atoms with E-state index < -0.39 is 0 Å². The monoisotopic (exact) mass is 211 g/mol. The number of nitrogens with zero attached hydrogens (tertiary/aromatic N) is 1. The van der Waals surface area contributed by atoms with Gasteiger partial charge in [0, 0.05) is 12.1 Å². The third kappa shape index (κ3) is 3.21. The van der Waals surface area contributed by atoms with Crippen LogP contribution in [0.3, 0.4) is 0 Å². The normalized spacial score (nSPS) is 22.0. The second-order valence-electron chi connectivity index (χ2n) is 5.98. The Morgan fingerprint density at radius 2 is 1.73 bits per heavy atom. The van der Waals surface area contributed by atoms with Crippen molar-refractivity contribution in [2.24, 2.45) is 5.41 Å². The molecule has 1 saturated carbocycles. The summed E-state index contributed by atoms with van der Waals surface area (Å²) in [5, 5.41) is 0. The molecule has 1 heteroatoms. The van der Waals surface area contributed by atoms with E-state index in [9.17, 15) is 0 Å². The highest BCUT2D eigenvalue weighted by Crippen LogP contribution is 2.32. The molecule has 0 aromatic carbocycles. The van der Waals surface area contributed by atoms with Crippen LogP contribution in [0.1, 0.15) is 66.2 Å². The highest BCUT2D eigenvalue weighted by atomic mass is 15.2. The average Bonchev–Trinajstić information content (AvgIpc) is 2.28. The van der Waals surface area contributed by atoms with Crippen LogP contribution in [0.25, 0.3) is 0 Å². The van der Waals surface area contributed by atoms with Crippen molar-refractivity contribution in [2.45, 2.75) is 78.3 Å². The maximum atomic E-state index is 2.64. The van der Waals surface area contributed by atoms with Crippen LogP contribution in [-0.4, -0.2) is 24.0 Å². The summed E-state index contributed by atoms with van der Waals surface area (Å²) in [7, 11) is 2.33. The van der Waals surface area contributed by atoms with Crippen molar-refractivity contribution in [3.63, 3.8) is 0 Å². The smallest absolute Gasteiger partial charge is 0.0118 e. The molecule has 1 fully saturated rings. The van der Waals surface area contributed by atoms with Gasteiger partial charge in [0.05, 0.1) is 0 Å². The summed E-state index contributed by atoms with van der Waals surface area (Å²) < 4.78 is 0. The molecule has 0 heterocycles. The Morgan fingerprint density at radius 3 is 2.20 bits per heavy atom. The molecule has 0 N–H and O–H groups in total. The van der Waals surface area contributed by atoms with E-state index in [1.165, 1.54) is 38.5 Å². The summed E-state index contributed by atoms with van der Waals surface area (Å²) in [5.74, 6) is 0. The van der Waals surface area contributed by atoms with Crippen LogP contribution in [0.4, 0.5) is 0 Å². The van der Waals surface area contributed by atoms with E-state index in [-0.39, 0.29) is 0 Å². The van der Waals surface area contributed by atoms with Gasteiger partial charge < -0.3 is 4.90 Å². The predicted molar refractivity (Wildman–Crippen MR) is 68.2 cm³/mol. The minimum absolute atomic E-state index is 0.451. The Hall–Kier alpha value is -0.0400. The minimum atomic E-state index is 0.451. The van der Waals surface area contributed by atoms with Crippen molar-refractivity contribution in [1.82, 2.24) is 4.90 Å². The van der Waals surface area contributed by atoms with E-state index in [1.54, 1.807) is 0 Å². The van der Waals surface area contributed by atoms with E-state index in [2.05, 4.69) is 39.6 Å². The number of hydrogen-bond acceptors (Lipinski definition) is 1. The van der Waals surface area contributed by atoms with Gasteiger partial charge in [-0.2, -0.15) is 0 Å². The standard InChI is InChI=1S/C14H29N/c1-6-14(3,4)12(2)15(5)13-10-8-7-9-11-13/h12-13H,6-11H2,1-5H3. The van der Waals surface area contributed by atoms with Crippen LogP contribution in [0, 0.1) is 5.41 Å². The molecule has 0 saturated heterocycles. The van der Waals surface area contributed by atoms with Crippen LogP contribution in [0.2, 0.25) is 0 Å². The Balaban J connectivity index is 2.54. The van der Waals surface area contributed by atoms with E-state index in [4.69, 9.17) is 0 Å². The first-order valence-electron chi connectivity index (χ1n) is 6.71. The predicted octanol–water partition coefficient (Wildman–Crippen LogP) is 4.08. The Bertz CT molecular complexity index is 180. The van der Waals surface area contributed by atoms with Crippen LogP contribution in [0.5, 0.6) is 0 Å². The largest absolute Gasteiger partial charge is 0.300 e. The van der Waals surface area contributed by atoms with Crippen LogP contribution in [0.15, 0.2) is 0 Å². The maximum Gasteiger partial charge on any atom is 0.0118 e. The zero-order valence-corrected chi connectivity index (χ0v) is 11.3. The van der Waals surface area contributed by atoms with Crippen LogP contribution in [-0.2, 0) is 0 Å². The highest BCUT2D eigenvalue weighted by Gasteiger charge is 2.31. The average molecular weight is 211 g/mol. The molecule has 1 nitrogen and oxygen atoms in total. The Kier molecular flexibility index (Phi) is 4.64. The van der Waals surface area contributed by atoms with Gasteiger partial charge in [-0.25, -0.2) is 0 Å². The van der Waals surface area contributed by atoms with Crippen molar-refractivity contribution < 1.29 is 0 Å². The molecule has 0 radical (unpaired) electrons. The van der Waals surface area contributed by atoms with Crippen molar-refractivity contribution in [1.29, 1.82) is 0 Å². The van der Waals surface area contributed by atoms with Gasteiger partial charge in [-0.15, -0.1) is 0 Å². The van der Waals surface area contributed by atoms with Crippen molar-refractivity contribution >= 4 is 0 Å². The molecule has 1 unspecified atom stereocenters. The molecule has 0 aromatic heterocycles. The lowest BCUT2D eigenvalue weighted by atomic mass is 9.80. The Labute approximate surface area is 96.2 Å². The summed E-state index contributed by atoms with van der Waals surface area (Å²) in [6.45, 7) is 9.51. The number of hydrogen-bond donors (Lipinski definition) is 0. The van der Waals surface area contributed by atoms with Crippen molar-refractivity contribution in [3.05, 3.63) is 0 Å². The van der Waals surface area contributed by atoms with E-state index in [0.717, 1.165) is 6.04 Å². The molecule has 0 aromatic rings. The highest BCUT2D eigenvalue weighted by molar-refractivity contribution is 4.85. The molecule has 1 rings (SSSR count). The second kappa shape index (κ2) is 5.34. The van der Waals surface area contributed by atoms with Gasteiger partial charge in [0.1, 0.15) is 0 Å². The van der Waals surface area contributed by atoms with E-state index >= 15 is 0 Å². The zero-order valence-electron chi connectivity index (χ0n) is 11.3. The van der Waals surface area contributed by atoms with Gasteiger partial charge in [0.15, 0.2) is 0 Å². The summed E-state index contributed by atoms with van der Waals surface area (Å²) in [4.78, 5) is 2.64. The third-order valence-corrected chi connectivity index (χ3v) is 4.80. The van der Waals surface area contributed by atoms with E-state index in [1.807, 2.05) is 0 Å². The first-order valence-corrected chi connectivity index (χ1v) is 6.71. The lowest BCUT2D eigenvalue weighted by Gasteiger charge is -2.43. The third-order valence-electron chi connectivity index (χ3n) is 4.80. The Morgan fingerprint density at radius 1 is 1.20 bits per heavy atom. The van der Waals surface area contributed by atoms with Gasteiger partial charge in [-0.3, -0.25) is 0 Å². The molecular weight excluding hydrogens is 182 g/mol. The topological polar surface area (TPSA) is 3.24 Å². The summed E-state index contributed by atoms with van der Waals surface area (Å²) in [6.07, 6.45) is 8.44. The lowest BCUT2D eigenvalue weighted by Crippen LogP contribution is -2.46. The molecule has 0 aliphatic heterocycles. The molecule has 1 aliphatic rings. The van der Waals surface area contributed by atoms with Crippen LogP contribution >= 0.6 is 0 Å². The first kappa shape index (κ1) is 13.0. The fourth-order valence-electron chi connectivity index (χ4n) is 2.65. The molecule has 1 aliphatic carbocycles. The summed E-state index contributed by atoms with van der Waals surface area (Å²) >= 11 is 0. The molecule has 90 valence electrons. The minimum Gasteiger partial charge on any atom is -0.300 e. The second-order valence-corrected chi connectivity index (χ2v) is 5.98. The number of rotatable bonds is 4. The van der Waals surface area contributed by atoms with Gasteiger partial charge in [0.2, 0.25) is 0 Å². The molecule has 0 bridgehead atoms. The van der Waals surface area contributed by atoms with Crippen molar-refractivity contribution in [2.75, 3.05) is 7.05 Å². The molecular formula is C14H29N. The quantitative estimate of drug-likeness (QED) is 0.677. The zero-order chi connectivity index (χ0) is 11.5. The van der Waals surface area contributed by atoms with Gasteiger partial charge in [-0.05, 0) is 38.6 Å². The van der Waals surface area contributed by atoms with Crippen LogP contribution < -0.4 is 0 Å². The van der Waals surface area contributed by atoms with Gasteiger partial charge in [0.25, 0.3) is 0 Å². The molecule has 0 spiro atoms. The lowest BCUT2D eigenvalue weighted by molar-refractivity contribution is 0.0660.